The van der Waals surface area contributed by atoms with Crippen LogP contribution in [0, 0.1) is 11.3 Å². The van der Waals surface area contributed by atoms with Gasteiger partial charge in [0.05, 0.1) is 24.7 Å². The Kier molecular flexibility index (Phi) is 3.93. The number of aromatic amines is 1. The number of ether oxygens (including phenoxy) is 1. The van der Waals surface area contributed by atoms with Crippen molar-refractivity contribution in [1.82, 2.24) is 4.98 Å². The van der Waals surface area contributed by atoms with E-state index in [1.807, 2.05) is 0 Å². The fourth-order valence-electron chi connectivity index (χ4n) is 1.20. The molecule has 0 aliphatic heterocycles. The lowest BCUT2D eigenvalue weighted by Crippen LogP contribution is -2.19. The van der Waals surface area contributed by atoms with Crippen molar-refractivity contribution >= 4 is 5.97 Å². The molecule has 1 heterocycles. The van der Waals surface area contributed by atoms with Gasteiger partial charge in [-0.3, -0.25) is 9.59 Å². The van der Waals surface area contributed by atoms with Gasteiger partial charge in [0, 0.05) is 5.69 Å². The Hall–Kier alpha value is -2.23. The summed E-state index contributed by atoms with van der Waals surface area (Å²) in [6.45, 7) is 0. The number of rotatable bonds is 3. The smallest absolute Gasteiger partial charge is 0.311 e. The standard InChI is InChI=1S/C10H8F2N2O3/c1-17-8(15)3-7-5(4-13)2-6(9(11)12)10(16)14-7/h2,9H,3H2,1H3,(H,14,16). The first kappa shape index (κ1) is 12.8. The summed E-state index contributed by atoms with van der Waals surface area (Å²) < 4.78 is 29.1. The zero-order chi connectivity index (χ0) is 13.0. The van der Waals surface area contributed by atoms with E-state index in [0.29, 0.717) is 0 Å². The number of nitriles is 1. The highest BCUT2D eigenvalue weighted by atomic mass is 19.3. The summed E-state index contributed by atoms with van der Waals surface area (Å²) in [5.74, 6) is -0.679. The van der Waals surface area contributed by atoms with Crippen LogP contribution in [0.2, 0.25) is 0 Å². The molecule has 0 bridgehead atoms. The number of aromatic nitrogens is 1. The molecule has 1 aromatic heterocycles. The summed E-state index contributed by atoms with van der Waals surface area (Å²) in [5.41, 5.74) is -2.02. The molecule has 0 aromatic carbocycles. The van der Waals surface area contributed by atoms with Gasteiger partial charge in [0.2, 0.25) is 0 Å². The SMILES string of the molecule is COC(=O)Cc1[nH]c(=O)c(C(F)F)cc1C#N. The highest BCUT2D eigenvalue weighted by Gasteiger charge is 2.17. The molecule has 0 aliphatic rings. The average Bonchev–Trinajstić information content (AvgIpc) is 2.28. The summed E-state index contributed by atoms with van der Waals surface area (Å²) >= 11 is 0. The minimum absolute atomic E-state index is 0.0336. The van der Waals surface area contributed by atoms with Gasteiger partial charge in [0.25, 0.3) is 12.0 Å². The fourth-order valence-corrected chi connectivity index (χ4v) is 1.20. The number of carbonyl (C=O) groups is 1. The Morgan fingerprint density at radius 2 is 2.29 bits per heavy atom. The van der Waals surface area contributed by atoms with Crippen LogP contribution in [0.3, 0.4) is 0 Å². The maximum Gasteiger partial charge on any atom is 0.311 e. The summed E-state index contributed by atoms with van der Waals surface area (Å²) in [7, 11) is 1.14. The molecule has 0 amide bonds. The highest BCUT2D eigenvalue weighted by molar-refractivity contribution is 5.72. The van der Waals surface area contributed by atoms with Gasteiger partial charge in [-0.25, -0.2) is 8.78 Å². The van der Waals surface area contributed by atoms with Crippen LogP contribution < -0.4 is 5.56 Å². The second-order valence-corrected chi connectivity index (χ2v) is 3.11. The van der Waals surface area contributed by atoms with Gasteiger partial charge in [-0.05, 0) is 6.07 Å². The summed E-state index contributed by atoms with van der Waals surface area (Å²) in [6.07, 6.45) is -3.32. The third-order valence-corrected chi connectivity index (χ3v) is 2.06. The van der Waals surface area contributed by atoms with Crippen molar-refractivity contribution in [2.75, 3.05) is 7.11 Å². The van der Waals surface area contributed by atoms with Crippen molar-refractivity contribution in [3.05, 3.63) is 33.2 Å². The van der Waals surface area contributed by atoms with Crippen molar-refractivity contribution in [2.24, 2.45) is 0 Å². The largest absolute Gasteiger partial charge is 0.469 e. The molecule has 7 heteroatoms. The van der Waals surface area contributed by atoms with Crippen LogP contribution in [0.25, 0.3) is 0 Å². The molecule has 90 valence electrons. The summed E-state index contributed by atoms with van der Waals surface area (Å²) in [6, 6.07) is 2.42. The van der Waals surface area contributed by atoms with E-state index in [1.54, 1.807) is 6.07 Å². The molecular weight excluding hydrogens is 234 g/mol. The first-order valence-electron chi connectivity index (χ1n) is 4.50. The fraction of sp³-hybridized carbons (Fsp3) is 0.300. The van der Waals surface area contributed by atoms with Crippen molar-refractivity contribution < 1.29 is 18.3 Å². The molecule has 0 radical (unpaired) electrons. The van der Waals surface area contributed by atoms with Gasteiger partial charge in [0.1, 0.15) is 6.07 Å². The van der Waals surface area contributed by atoms with Gasteiger partial charge in [0.15, 0.2) is 0 Å². The van der Waals surface area contributed by atoms with Crippen molar-refractivity contribution in [3.8, 4) is 6.07 Å². The van der Waals surface area contributed by atoms with E-state index >= 15 is 0 Å². The Morgan fingerprint density at radius 1 is 1.65 bits per heavy atom. The molecule has 0 fully saturated rings. The number of nitrogens with zero attached hydrogens (tertiary/aromatic N) is 1. The summed E-state index contributed by atoms with van der Waals surface area (Å²) in [4.78, 5) is 24.3. The highest BCUT2D eigenvalue weighted by Crippen LogP contribution is 2.16. The second kappa shape index (κ2) is 5.21. The lowest BCUT2D eigenvalue weighted by atomic mass is 10.1. The monoisotopic (exact) mass is 242 g/mol. The molecule has 5 nitrogen and oxygen atoms in total. The number of halogens is 2. The number of carbonyl (C=O) groups excluding carboxylic acids is 1. The number of hydrogen-bond acceptors (Lipinski definition) is 4. The van der Waals surface area contributed by atoms with E-state index < -0.39 is 23.5 Å². The molecule has 1 N–H and O–H groups in total. The predicted octanol–water partition coefficient (Wildman–Crippen LogP) is 0.900. The number of pyridine rings is 1. The Balaban J connectivity index is 3.25. The Labute approximate surface area is 94.6 Å². The third kappa shape index (κ3) is 2.87. The van der Waals surface area contributed by atoms with Crippen LogP contribution in [0.15, 0.2) is 10.9 Å². The summed E-state index contributed by atoms with van der Waals surface area (Å²) in [5, 5.41) is 8.73. The van der Waals surface area contributed by atoms with Crippen LogP contribution in [-0.2, 0) is 16.0 Å². The molecule has 1 rings (SSSR count). The van der Waals surface area contributed by atoms with Crippen LogP contribution in [0.5, 0.6) is 0 Å². The number of nitrogens with one attached hydrogen (secondary N) is 1. The lowest BCUT2D eigenvalue weighted by molar-refractivity contribution is -0.139. The molecule has 0 atom stereocenters. The topological polar surface area (TPSA) is 83.0 Å². The molecule has 0 spiro atoms. The second-order valence-electron chi connectivity index (χ2n) is 3.11. The molecule has 1 aromatic rings. The minimum Gasteiger partial charge on any atom is -0.469 e. The number of methoxy groups -OCH3 is 1. The zero-order valence-corrected chi connectivity index (χ0v) is 8.79. The molecular formula is C10H8F2N2O3. The number of esters is 1. The number of hydrogen-bond donors (Lipinski definition) is 1. The predicted molar refractivity (Wildman–Crippen MR) is 52.5 cm³/mol. The van der Waals surface area contributed by atoms with E-state index in [0.717, 1.165) is 13.2 Å². The first-order valence-corrected chi connectivity index (χ1v) is 4.50. The molecule has 0 saturated heterocycles. The van der Waals surface area contributed by atoms with Gasteiger partial charge in [-0.15, -0.1) is 0 Å². The van der Waals surface area contributed by atoms with E-state index in [2.05, 4.69) is 9.72 Å². The van der Waals surface area contributed by atoms with Crippen LogP contribution in [-0.4, -0.2) is 18.1 Å². The molecule has 0 saturated carbocycles. The van der Waals surface area contributed by atoms with Gasteiger partial charge in [-0.2, -0.15) is 5.26 Å². The maximum atomic E-state index is 12.4. The maximum absolute atomic E-state index is 12.4. The van der Waals surface area contributed by atoms with Gasteiger partial charge in [-0.1, -0.05) is 0 Å². The number of H-pyrrole nitrogens is 1. The zero-order valence-electron chi connectivity index (χ0n) is 8.79. The van der Waals surface area contributed by atoms with Crippen molar-refractivity contribution in [3.63, 3.8) is 0 Å². The normalized spacial score (nSPS) is 10.1. The van der Waals surface area contributed by atoms with E-state index in [9.17, 15) is 18.4 Å². The Bertz CT molecular complexity index is 531. The third-order valence-electron chi connectivity index (χ3n) is 2.06. The molecule has 0 aliphatic carbocycles. The van der Waals surface area contributed by atoms with Crippen molar-refractivity contribution in [1.29, 1.82) is 5.26 Å². The number of alkyl halides is 2. The van der Waals surface area contributed by atoms with E-state index in [4.69, 9.17) is 5.26 Å². The average molecular weight is 242 g/mol. The first-order chi connectivity index (χ1) is 7.99. The molecule has 0 unspecified atom stereocenters. The van der Waals surface area contributed by atoms with Crippen LogP contribution in [0.4, 0.5) is 8.78 Å². The van der Waals surface area contributed by atoms with E-state index in [1.165, 1.54) is 0 Å². The molecule has 17 heavy (non-hydrogen) atoms. The van der Waals surface area contributed by atoms with Gasteiger partial charge >= 0.3 is 5.97 Å². The van der Waals surface area contributed by atoms with Crippen molar-refractivity contribution in [2.45, 2.75) is 12.8 Å². The van der Waals surface area contributed by atoms with E-state index in [-0.39, 0.29) is 17.7 Å². The minimum atomic E-state index is -2.97. The lowest BCUT2D eigenvalue weighted by Gasteiger charge is -2.05. The van der Waals surface area contributed by atoms with Gasteiger partial charge < -0.3 is 9.72 Å². The Morgan fingerprint density at radius 3 is 2.76 bits per heavy atom. The quantitative estimate of drug-likeness (QED) is 0.798. The van der Waals surface area contributed by atoms with Crippen LogP contribution >= 0.6 is 0 Å². The van der Waals surface area contributed by atoms with Crippen LogP contribution in [0.1, 0.15) is 23.2 Å².